The van der Waals surface area contributed by atoms with E-state index in [1.807, 2.05) is 0 Å². The highest BCUT2D eigenvalue weighted by Gasteiger charge is 2.29. The molecule has 0 spiro atoms. The van der Waals surface area contributed by atoms with Gasteiger partial charge in [-0.05, 0) is 37.6 Å². The van der Waals surface area contributed by atoms with Gasteiger partial charge in [-0.3, -0.25) is 0 Å². The number of rotatable bonds is 4. The Morgan fingerprint density at radius 3 is 2.75 bits per heavy atom. The van der Waals surface area contributed by atoms with E-state index in [0.717, 1.165) is 13.0 Å². The first-order valence-electron chi connectivity index (χ1n) is 4.98. The van der Waals surface area contributed by atoms with E-state index in [-0.39, 0.29) is 0 Å². The molecule has 0 heterocycles. The molecular formula is C10H21NO. The average Bonchev–Trinajstić information content (AvgIpc) is 2.31. The fraction of sp³-hybridized carbons (Fsp3) is 1.00. The molecule has 0 aromatic rings. The lowest BCUT2D eigenvalue weighted by Crippen LogP contribution is -2.28. The van der Waals surface area contributed by atoms with Crippen LogP contribution in [0.3, 0.4) is 0 Å². The van der Waals surface area contributed by atoms with Crippen LogP contribution in [0.1, 0.15) is 39.5 Å². The maximum absolute atomic E-state index is 8.60. The second-order valence-corrected chi connectivity index (χ2v) is 4.64. The summed E-state index contributed by atoms with van der Waals surface area (Å²) >= 11 is 0. The summed E-state index contributed by atoms with van der Waals surface area (Å²) in [5.41, 5.74) is 0.539. The minimum atomic E-state index is 0.309. The second-order valence-electron chi connectivity index (χ2n) is 4.64. The third kappa shape index (κ3) is 3.11. The third-order valence-electron chi connectivity index (χ3n) is 2.74. The van der Waals surface area contributed by atoms with Gasteiger partial charge in [-0.15, -0.1) is 0 Å². The first kappa shape index (κ1) is 10.0. The van der Waals surface area contributed by atoms with E-state index in [4.69, 9.17) is 5.11 Å². The molecule has 2 N–H and O–H groups in total. The van der Waals surface area contributed by atoms with Crippen LogP contribution in [0.4, 0.5) is 0 Å². The fourth-order valence-corrected chi connectivity index (χ4v) is 2.00. The molecule has 1 aliphatic carbocycles. The zero-order valence-corrected chi connectivity index (χ0v) is 8.27. The van der Waals surface area contributed by atoms with Crippen molar-refractivity contribution >= 4 is 0 Å². The van der Waals surface area contributed by atoms with Gasteiger partial charge in [0.2, 0.25) is 0 Å². The molecule has 0 radical (unpaired) electrons. The van der Waals surface area contributed by atoms with Gasteiger partial charge in [-0.1, -0.05) is 13.8 Å². The Morgan fingerprint density at radius 2 is 2.25 bits per heavy atom. The number of aliphatic hydroxyl groups is 1. The fourth-order valence-electron chi connectivity index (χ4n) is 2.00. The first-order chi connectivity index (χ1) is 5.64. The van der Waals surface area contributed by atoms with E-state index in [9.17, 15) is 0 Å². The van der Waals surface area contributed by atoms with Crippen molar-refractivity contribution in [3.8, 4) is 0 Å². The lowest BCUT2D eigenvalue weighted by molar-refractivity contribution is 0.281. The molecule has 2 heteroatoms. The van der Waals surface area contributed by atoms with Crippen molar-refractivity contribution in [2.75, 3.05) is 13.2 Å². The largest absolute Gasteiger partial charge is 0.396 e. The van der Waals surface area contributed by atoms with Crippen molar-refractivity contribution in [2.45, 2.75) is 45.6 Å². The van der Waals surface area contributed by atoms with Gasteiger partial charge in [0.25, 0.3) is 0 Å². The predicted octanol–water partition coefficient (Wildman–Crippen LogP) is 1.54. The Morgan fingerprint density at radius 1 is 1.50 bits per heavy atom. The van der Waals surface area contributed by atoms with E-state index in [0.29, 0.717) is 18.1 Å². The minimum Gasteiger partial charge on any atom is -0.396 e. The Bertz CT molecular complexity index is 134. The van der Waals surface area contributed by atoms with Crippen molar-refractivity contribution in [2.24, 2.45) is 5.41 Å². The van der Waals surface area contributed by atoms with Gasteiger partial charge >= 0.3 is 0 Å². The Kier molecular flexibility index (Phi) is 3.53. The normalized spacial score (nSPS) is 27.8. The molecule has 0 saturated heterocycles. The zero-order valence-electron chi connectivity index (χ0n) is 8.27. The number of nitrogens with one attached hydrogen (secondary N) is 1. The quantitative estimate of drug-likeness (QED) is 0.629. The van der Waals surface area contributed by atoms with Gasteiger partial charge in [0.05, 0.1) is 0 Å². The molecule has 1 aliphatic rings. The van der Waals surface area contributed by atoms with Crippen LogP contribution in [0, 0.1) is 5.41 Å². The number of hydrogen-bond acceptors (Lipinski definition) is 2. The van der Waals surface area contributed by atoms with Gasteiger partial charge in [0.1, 0.15) is 0 Å². The van der Waals surface area contributed by atoms with E-state index in [1.54, 1.807) is 0 Å². The summed E-state index contributed by atoms with van der Waals surface area (Å²) in [6.45, 7) is 5.95. The molecule has 12 heavy (non-hydrogen) atoms. The lowest BCUT2D eigenvalue weighted by atomic mass is 9.92. The third-order valence-corrected chi connectivity index (χ3v) is 2.74. The minimum absolute atomic E-state index is 0.309. The van der Waals surface area contributed by atoms with E-state index in [1.165, 1.54) is 19.3 Å². The van der Waals surface area contributed by atoms with Crippen LogP contribution < -0.4 is 5.32 Å². The molecule has 0 amide bonds. The average molecular weight is 171 g/mol. The molecular weight excluding hydrogens is 150 g/mol. The van der Waals surface area contributed by atoms with Crippen LogP contribution in [0.25, 0.3) is 0 Å². The highest BCUT2D eigenvalue weighted by atomic mass is 16.3. The van der Waals surface area contributed by atoms with E-state index >= 15 is 0 Å². The molecule has 1 saturated carbocycles. The smallest absolute Gasteiger partial charge is 0.0443 e. The van der Waals surface area contributed by atoms with Crippen LogP contribution in [0.5, 0.6) is 0 Å². The topological polar surface area (TPSA) is 32.3 Å². The molecule has 72 valence electrons. The molecule has 2 nitrogen and oxygen atoms in total. The Hall–Kier alpha value is -0.0800. The number of aliphatic hydroxyl groups excluding tert-OH is 1. The van der Waals surface area contributed by atoms with Crippen molar-refractivity contribution in [1.29, 1.82) is 0 Å². The van der Waals surface area contributed by atoms with Crippen molar-refractivity contribution in [3.05, 3.63) is 0 Å². The molecule has 0 bridgehead atoms. The molecule has 1 fully saturated rings. The van der Waals surface area contributed by atoms with E-state index < -0.39 is 0 Å². The molecule has 1 unspecified atom stereocenters. The maximum atomic E-state index is 8.60. The van der Waals surface area contributed by atoms with Crippen molar-refractivity contribution < 1.29 is 5.11 Å². The lowest BCUT2D eigenvalue weighted by Gasteiger charge is -2.17. The van der Waals surface area contributed by atoms with Gasteiger partial charge < -0.3 is 10.4 Å². The summed E-state index contributed by atoms with van der Waals surface area (Å²) in [4.78, 5) is 0. The summed E-state index contributed by atoms with van der Waals surface area (Å²) in [6.07, 6.45) is 4.82. The van der Waals surface area contributed by atoms with E-state index in [2.05, 4.69) is 19.2 Å². The monoisotopic (exact) mass is 171 g/mol. The molecule has 1 rings (SSSR count). The molecule has 0 aromatic heterocycles. The molecule has 1 atom stereocenters. The highest BCUT2D eigenvalue weighted by Crippen LogP contribution is 2.36. The van der Waals surface area contributed by atoms with Crippen molar-refractivity contribution in [3.63, 3.8) is 0 Å². The van der Waals surface area contributed by atoms with Gasteiger partial charge in [0.15, 0.2) is 0 Å². The standard InChI is InChI=1S/C10H21NO/c1-10(2)5-4-9(8-10)11-6-3-7-12/h9,11-12H,3-8H2,1-2H3. The van der Waals surface area contributed by atoms with Gasteiger partial charge in [0, 0.05) is 12.6 Å². The van der Waals surface area contributed by atoms with Crippen LogP contribution in [-0.4, -0.2) is 24.3 Å². The van der Waals surface area contributed by atoms with Crippen molar-refractivity contribution in [1.82, 2.24) is 5.32 Å². The second kappa shape index (κ2) is 4.24. The summed E-state index contributed by atoms with van der Waals surface area (Å²) in [5.74, 6) is 0. The number of hydrogen-bond donors (Lipinski definition) is 2. The van der Waals surface area contributed by atoms with Crippen LogP contribution >= 0.6 is 0 Å². The Labute approximate surface area is 75.4 Å². The van der Waals surface area contributed by atoms with Crippen LogP contribution in [0.2, 0.25) is 0 Å². The predicted molar refractivity (Wildman–Crippen MR) is 51.1 cm³/mol. The molecule has 0 aliphatic heterocycles. The molecule has 0 aromatic carbocycles. The van der Waals surface area contributed by atoms with Crippen LogP contribution in [-0.2, 0) is 0 Å². The maximum Gasteiger partial charge on any atom is 0.0443 e. The summed E-state index contributed by atoms with van der Waals surface area (Å²) in [7, 11) is 0. The van der Waals surface area contributed by atoms with Crippen LogP contribution in [0.15, 0.2) is 0 Å². The zero-order chi connectivity index (χ0) is 9.03. The summed E-state index contributed by atoms with van der Waals surface area (Å²) in [5, 5.41) is 12.1. The Balaban J connectivity index is 2.11. The summed E-state index contributed by atoms with van der Waals surface area (Å²) in [6, 6.07) is 0.701. The van der Waals surface area contributed by atoms with Gasteiger partial charge in [-0.25, -0.2) is 0 Å². The van der Waals surface area contributed by atoms with Gasteiger partial charge in [-0.2, -0.15) is 0 Å². The highest BCUT2D eigenvalue weighted by molar-refractivity contribution is 4.86. The summed E-state index contributed by atoms with van der Waals surface area (Å²) < 4.78 is 0. The SMILES string of the molecule is CC1(C)CCC(NCCCO)C1. The first-order valence-corrected chi connectivity index (χ1v) is 4.98.